The Kier molecular flexibility index (Phi) is 3.00. The van der Waals surface area contributed by atoms with Crippen molar-refractivity contribution in [1.29, 1.82) is 0 Å². The molecule has 17 heavy (non-hydrogen) atoms. The van der Waals surface area contributed by atoms with Gasteiger partial charge < -0.3 is 10.5 Å². The molecule has 0 heterocycles. The smallest absolute Gasteiger partial charge is 0.165 e. The van der Waals surface area contributed by atoms with E-state index in [9.17, 15) is 4.39 Å². The summed E-state index contributed by atoms with van der Waals surface area (Å²) in [6, 6.07) is 10.5. The number of nitrogen functional groups attached to an aromatic ring is 1. The van der Waals surface area contributed by atoms with Crippen LogP contribution >= 0.6 is 0 Å². The van der Waals surface area contributed by atoms with Crippen LogP contribution in [0, 0.1) is 12.7 Å². The molecule has 0 saturated heterocycles. The molecule has 0 aliphatic carbocycles. The van der Waals surface area contributed by atoms with Gasteiger partial charge in [-0.05, 0) is 41.8 Å². The Morgan fingerprint density at radius 2 is 1.94 bits per heavy atom. The summed E-state index contributed by atoms with van der Waals surface area (Å²) in [4.78, 5) is 0. The SMILES string of the molecule is COc1ccc(-c2cccc(N)c2C)cc1F. The summed E-state index contributed by atoms with van der Waals surface area (Å²) in [6.07, 6.45) is 0. The number of hydrogen-bond donors (Lipinski definition) is 1. The lowest BCUT2D eigenvalue weighted by molar-refractivity contribution is 0.386. The first kappa shape index (κ1) is 11.5. The van der Waals surface area contributed by atoms with Gasteiger partial charge in [0, 0.05) is 5.69 Å². The predicted molar refractivity (Wildman–Crippen MR) is 67.5 cm³/mol. The number of halogens is 1. The third-order valence-electron chi connectivity index (χ3n) is 2.84. The normalized spacial score (nSPS) is 10.3. The highest BCUT2D eigenvalue weighted by atomic mass is 19.1. The molecule has 3 heteroatoms. The molecular formula is C14H14FNO. The zero-order valence-electron chi connectivity index (χ0n) is 9.83. The fourth-order valence-electron chi connectivity index (χ4n) is 1.80. The molecule has 0 atom stereocenters. The first-order valence-corrected chi connectivity index (χ1v) is 5.32. The molecule has 0 spiro atoms. The fraction of sp³-hybridized carbons (Fsp3) is 0.143. The lowest BCUT2D eigenvalue weighted by atomic mass is 9.99. The van der Waals surface area contributed by atoms with Gasteiger partial charge in [0.25, 0.3) is 0 Å². The van der Waals surface area contributed by atoms with Gasteiger partial charge in [-0.25, -0.2) is 4.39 Å². The lowest BCUT2D eigenvalue weighted by Gasteiger charge is -2.09. The molecular weight excluding hydrogens is 217 g/mol. The van der Waals surface area contributed by atoms with E-state index in [4.69, 9.17) is 10.5 Å². The molecule has 0 aliphatic rings. The third kappa shape index (κ3) is 2.09. The molecule has 0 radical (unpaired) electrons. The van der Waals surface area contributed by atoms with E-state index in [2.05, 4.69) is 0 Å². The fourth-order valence-corrected chi connectivity index (χ4v) is 1.80. The second-order valence-corrected chi connectivity index (χ2v) is 3.87. The van der Waals surface area contributed by atoms with E-state index in [1.54, 1.807) is 6.07 Å². The highest BCUT2D eigenvalue weighted by molar-refractivity contribution is 5.73. The number of benzene rings is 2. The minimum absolute atomic E-state index is 0.246. The number of rotatable bonds is 2. The minimum atomic E-state index is -0.369. The van der Waals surface area contributed by atoms with E-state index < -0.39 is 0 Å². The van der Waals surface area contributed by atoms with Gasteiger partial charge in [0.05, 0.1) is 7.11 Å². The van der Waals surface area contributed by atoms with Crippen LogP contribution in [0.5, 0.6) is 5.75 Å². The molecule has 0 fully saturated rings. The minimum Gasteiger partial charge on any atom is -0.494 e. The van der Waals surface area contributed by atoms with Gasteiger partial charge >= 0.3 is 0 Å². The van der Waals surface area contributed by atoms with Crippen molar-refractivity contribution in [2.75, 3.05) is 12.8 Å². The van der Waals surface area contributed by atoms with Crippen molar-refractivity contribution in [1.82, 2.24) is 0 Å². The van der Waals surface area contributed by atoms with Crippen molar-refractivity contribution in [2.45, 2.75) is 6.92 Å². The van der Waals surface area contributed by atoms with Crippen LogP contribution in [0.4, 0.5) is 10.1 Å². The van der Waals surface area contributed by atoms with Crippen molar-refractivity contribution in [3.8, 4) is 16.9 Å². The Morgan fingerprint density at radius 3 is 2.59 bits per heavy atom. The van der Waals surface area contributed by atoms with Crippen LogP contribution in [0.1, 0.15) is 5.56 Å². The van der Waals surface area contributed by atoms with E-state index >= 15 is 0 Å². The average molecular weight is 231 g/mol. The molecule has 2 rings (SSSR count). The second-order valence-electron chi connectivity index (χ2n) is 3.87. The van der Waals surface area contributed by atoms with Gasteiger partial charge in [-0.15, -0.1) is 0 Å². The summed E-state index contributed by atoms with van der Waals surface area (Å²) >= 11 is 0. The predicted octanol–water partition coefficient (Wildman–Crippen LogP) is 3.39. The Hall–Kier alpha value is -2.03. The van der Waals surface area contributed by atoms with Gasteiger partial charge in [-0.3, -0.25) is 0 Å². The molecule has 0 bridgehead atoms. The van der Waals surface area contributed by atoms with Crippen LogP contribution < -0.4 is 10.5 Å². The summed E-state index contributed by atoms with van der Waals surface area (Å²) < 4.78 is 18.5. The molecule has 0 amide bonds. The molecule has 2 nitrogen and oxygen atoms in total. The molecule has 0 unspecified atom stereocenters. The van der Waals surface area contributed by atoms with Gasteiger partial charge in [0.15, 0.2) is 11.6 Å². The summed E-state index contributed by atoms with van der Waals surface area (Å²) in [5, 5.41) is 0. The summed E-state index contributed by atoms with van der Waals surface area (Å²) in [7, 11) is 1.45. The number of methoxy groups -OCH3 is 1. The monoisotopic (exact) mass is 231 g/mol. The lowest BCUT2D eigenvalue weighted by Crippen LogP contribution is -1.93. The Labute approximate surface area is 99.8 Å². The van der Waals surface area contributed by atoms with Gasteiger partial charge in [0.2, 0.25) is 0 Å². The Bertz CT molecular complexity index is 552. The largest absolute Gasteiger partial charge is 0.494 e. The molecule has 0 saturated carbocycles. The van der Waals surface area contributed by atoms with Crippen LogP contribution in [0.3, 0.4) is 0 Å². The molecule has 2 aromatic carbocycles. The van der Waals surface area contributed by atoms with E-state index in [1.807, 2.05) is 31.2 Å². The number of hydrogen-bond acceptors (Lipinski definition) is 2. The Balaban J connectivity index is 2.54. The van der Waals surface area contributed by atoms with E-state index in [1.165, 1.54) is 13.2 Å². The second kappa shape index (κ2) is 4.45. The summed E-state index contributed by atoms with van der Waals surface area (Å²) in [6.45, 7) is 1.92. The maximum atomic E-state index is 13.6. The van der Waals surface area contributed by atoms with Crippen molar-refractivity contribution < 1.29 is 9.13 Å². The van der Waals surface area contributed by atoms with Crippen LogP contribution in [0.25, 0.3) is 11.1 Å². The van der Waals surface area contributed by atoms with Crippen LogP contribution in [-0.2, 0) is 0 Å². The molecule has 88 valence electrons. The topological polar surface area (TPSA) is 35.2 Å². The van der Waals surface area contributed by atoms with Gasteiger partial charge in [0.1, 0.15) is 0 Å². The first-order chi connectivity index (χ1) is 8.13. The van der Waals surface area contributed by atoms with Crippen molar-refractivity contribution in [2.24, 2.45) is 0 Å². The Morgan fingerprint density at radius 1 is 1.18 bits per heavy atom. The zero-order valence-corrected chi connectivity index (χ0v) is 9.83. The van der Waals surface area contributed by atoms with Gasteiger partial charge in [-0.2, -0.15) is 0 Å². The maximum absolute atomic E-state index is 13.6. The van der Waals surface area contributed by atoms with Crippen LogP contribution in [-0.4, -0.2) is 7.11 Å². The third-order valence-corrected chi connectivity index (χ3v) is 2.84. The molecule has 0 aromatic heterocycles. The average Bonchev–Trinajstić information content (AvgIpc) is 2.32. The van der Waals surface area contributed by atoms with E-state index in [0.717, 1.165) is 16.7 Å². The maximum Gasteiger partial charge on any atom is 0.165 e. The van der Waals surface area contributed by atoms with Crippen molar-refractivity contribution >= 4 is 5.69 Å². The highest BCUT2D eigenvalue weighted by Crippen LogP contribution is 2.29. The molecule has 2 N–H and O–H groups in total. The summed E-state index contributed by atoms with van der Waals surface area (Å²) in [5.74, 6) is -0.123. The van der Waals surface area contributed by atoms with E-state index in [-0.39, 0.29) is 11.6 Å². The van der Waals surface area contributed by atoms with Crippen molar-refractivity contribution in [3.05, 3.63) is 47.8 Å². The summed E-state index contributed by atoms with van der Waals surface area (Å²) in [5.41, 5.74) is 9.23. The van der Waals surface area contributed by atoms with Crippen LogP contribution in [0.15, 0.2) is 36.4 Å². The quantitative estimate of drug-likeness (QED) is 0.804. The van der Waals surface area contributed by atoms with Crippen molar-refractivity contribution in [3.63, 3.8) is 0 Å². The molecule has 0 aliphatic heterocycles. The standard InChI is InChI=1S/C14H14FNO/c1-9-11(4-3-5-13(9)16)10-6-7-14(17-2)12(15)8-10/h3-8H,16H2,1-2H3. The van der Waals surface area contributed by atoms with Gasteiger partial charge in [-0.1, -0.05) is 18.2 Å². The molecule has 2 aromatic rings. The van der Waals surface area contributed by atoms with E-state index in [0.29, 0.717) is 5.69 Å². The zero-order chi connectivity index (χ0) is 12.4. The highest BCUT2D eigenvalue weighted by Gasteiger charge is 2.08. The number of ether oxygens (including phenoxy) is 1. The first-order valence-electron chi connectivity index (χ1n) is 5.32. The number of nitrogens with two attached hydrogens (primary N) is 1. The number of anilines is 1. The van der Waals surface area contributed by atoms with Crippen LogP contribution in [0.2, 0.25) is 0 Å².